The van der Waals surface area contributed by atoms with E-state index in [1.165, 1.54) is 24.7 Å². The third-order valence-corrected chi connectivity index (χ3v) is 1.78. The number of rotatable bonds is 2. The van der Waals surface area contributed by atoms with Gasteiger partial charge in [-0.25, -0.2) is 0 Å². The van der Waals surface area contributed by atoms with Crippen LogP contribution < -0.4 is 0 Å². The van der Waals surface area contributed by atoms with Crippen molar-refractivity contribution in [2.45, 2.75) is 20.1 Å². The van der Waals surface area contributed by atoms with Gasteiger partial charge in [0.25, 0.3) is 0 Å². The van der Waals surface area contributed by atoms with Crippen molar-refractivity contribution >= 4 is 7.28 Å². The zero-order valence-electron chi connectivity index (χ0n) is 6.72. The highest BCUT2D eigenvalue weighted by molar-refractivity contribution is 6.32. The molecule has 1 rings (SSSR count). The van der Waals surface area contributed by atoms with Crippen LogP contribution in [0.3, 0.4) is 0 Å². The van der Waals surface area contributed by atoms with Crippen LogP contribution in [-0.4, -0.2) is 7.28 Å². The molecule has 52 valence electrons. The maximum Gasteiger partial charge on any atom is 0.122 e. The van der Waals surface area contributed by atoms with E-state index in [0.717, 1.165) is 0 Å². The SMILES string of the molecule is CBCc1ccccc1C. The summed E-state index contributed by atoms with van der Waals surface area (Å²) in [6, 6.07) is 8.58. The standard InChI is InChI=1S/C9H13B/c1-8-5-3-4-6-9(8)7-10-2/h3-6,10H,7H2,1-2H3. The average molecular weight is 132 g/mol. The summed E-state index contributed by atoms with van der Waals surface area (Å²) in [5.41, 5.74) is 2.91. The highest BCUT2D eigenvalue weighted by Gasteiger charge is 1.93. The summed E-state index contributed by atoms with van der Waals surface area (Å²) in [6.45, 7) is 4.39. The van der Waals surface area contributed by atoms with E-state index in [-0.39, 0.29) is 0 Å². The molecule has 0 saturated heterocycles. The van der Waals surface area contributed by atoms with Gasteiger partial charge in [0.2, 0.25) is 0 Å². The summed E-state index contributed by atoms with van der Waals surface area (Å²) in [7, 11) is 1.24. The quantitative estimate of drug-likeness (QED) is 0.539. The molecule has 0 unspecified atom stereocenters. The molecule has 0 bridgehead atoms. The van der Waals surface area contributed by atoms with Gasteiger partial charge >= 0.3 is 0 Å². The van der Waals surface area contributed by atoms with E-state index in [0.29, 0.717) is 0 Å². The Balaban J connectivity index is 2.81. The first-order chi connectivity index (χ1) is 4.84. The van der Waals surface area contributed by atoms with Crippen molar-refractivity contribution in [3.8, 4) is 0 Å². The van der Waals surface area contributed by atoms with Crippen molar-refractivity contribution in [3.63, 3.8) is 0 Å². The van der Waals surface area contributed by atoms with Gasteiger partial charge in [-0.1, -0.05) is 43.0 Å². The molecule has 10 heavy (non-hydrogen) atoms. The molecular formula is C9H13B. The van der Waals surface area contributed by atoms with Crippen molar-refractivity contribution in [2.24, 2.45) is 0 Å². The Kier molecular flexibility index (Phi) is 2.55. The van der Waals surface area contributed by atoms with Crippen molar-refractivity contribution in [3.05, 3.63) is 35.4 Å². The highest BCUT2D eigenvalue weighted by atomic mass is 13.9. The van der Waals surface area contributed by atoms with Crippen LogP contribution in [-0.2, 0) is 6.32 Å². The van der Waals surface area contributed by atoms with Crippen LogP contribution in [0.15, 0.2) is 24.3 Å². The summed E-state index contributed by atoms with van der Waals surface area (Å²) >= 11 is 0. The Labute approximate surface area is 63.5 Å². The Morgan fingerprint density at radius 1 is 1.30 bits per heavy atom. The minimum absolute atomic E-state index is 1.21. The third kappa shape index (κ3) is 1.63. The lowest BCUT2D eigenvalue weighted by Gasteiger charge is -2.00. The van der Waals surface area contributed by atoms with E-state index in [1.54, 1.807) is 0 Å². The molecule has 0 saturated carbocycles. The Morgan fingerprint density at radius 3 is 2.60 bits per heavy atom. The van der Waals surface area contributed by atoms with Gasteiger partial charge in [-0.15, -0.1) is 0 Å². The van der Waals surface area contributed by atoms with Crippen LogP contribution in [0.1, 0.15) is 11.1 Å². The zero-order chi connectivity index (χ0) is 7.40. The largest absolute Gasteiger partial charge is 0.122 e. The lowest BCUT2D eigenvalue weighted by atomic mass is 9.74. The normalized spacial score (nSPS) is 9.40. The Bertz CT molecular complexity index is 206. The summed E-state index contributed by atoms with van der Waals surface area (Å²) in [6.07, 6.45) is 1.21. The van der Waals surface area contributed by atoms with Crippen molar-refractivity contribution in [1.82, 2.24) is 0 Å². The fraction of sp³-hybridized carbons (Fsp3) is 0.333. The first kappa shape index (κ1) is 7.39. The fourth-order valence-electron chi connectivity index (χ4n) is 1.16. The van der Waals surface area contributed by atoms with Crippen LogP contribution in [0.4, 0.5) is 0 Å². The van der Waals surface area contributed by atoms with E-state index in [4.69, 9.17) is 0 Å². The Hall–Kier alpha value is -0.715. The second kappa shape index (κ2) is 3.45. The van der Waals surface area contributed by atoms with Gasteiger partial charge < -0.3 is 0 Å². The molecule has 0 aliphatic rings. The van der Waals surface area contributed by atoms with Crippen LogP contribution in [0, 0.1) is 6.92 Å². The maximum atomic E-state index is 2.21. The highest BCUT2D eigenvalue weighted by Crippen LogP contribution is 2.06. The smallest absolute Gasteiger partial charge is 0.0891 e. The predicted octanol–water partition coefficient (Wildman–Crippen LogP) is 1.98. The third-order valence-electron chi connectivity index (χ3n) is 1.78. The van der Waals surface area contributed by atoms with Crippen molar-refractivity contribution in [2.75, 3.05) is 0 Å². The van der Waals surface area contributed by atoms with Crippen LogP contribution in [0.5, 0.6) is 0 Å². The Morgan fingerprint density at radius 2 is 2.00 bits per heavy atom. The fourth-order valence-corrected chi connectivity index (χ4v) is 1.16. The summed E-state index contributed by atoms with van der Waals surface area (Å²) < 4.78 is 0. The molecule has 0 heterocycles. The molecule has 0 aliphatic heterocycles. The zero-order valence-corrected chi connectivity index (χ0v) is 6.72. The lowest BCUT2D eigenvalue weighted by Crippen LogP contribution is -1.93. The minimum Gasteiger partial charge on any atom is -0.0891 e. The van der Waals surface area contributed by atoms with Crippen molar-refractivity contribution < 1.29 is 0 Å². The number of hydrogen-bond acceptors (Lipinski definition) is 0. The molecule has 0 N–H and O–H groups in total. The molecule has 1 heteroatoms. The summed E-state index contributed by atoms with van der Waals surface area (Å²) in [5.74, 6) is 0. The molecule has 0 aromatic heterocycles. The lowest BCUT2D eigenvalue weighted by molar-refractivity contribution is 1.29. The number of aryl methyl sites for hydroxylation is 1. The molecule has 0 atom stereocenters. The van der Waals surface area contributed by atoms with E-state index in [1.807, 2.05) is 0 Å². The molecule has 0 aliphatic carbocycles. The van der Waals surface area contributed by atoms with Gasteiger partial charge in [-0.3, -0.25) is 0 Å². The van der Waals surface area contributed by atoms with E-state index in [2.05, 4.69) is 38.0 Å². The average Bonchev–Trinajstić information content (AvgIpc) is 1.94. The topological polar surface area (TPSA) is 0 Å². The van der Waals surface area contributed by atoms with Gasteiger partial charge in [0.15, 0.2) is 0 Å². The summed E-state index contributed by atoms with van der Waals surface area (Å²) in [4.78, 5) is 0. The van der Waals surface area contributed by atoms with E-state index >= 15 is 0 Å². The maximum absolute atomic E-state index is 2.21. The molecular weight excluding hydrogens is 119 g/mol. The van der Waals surface area contributed by atoms with Gasteiger partial charge in [0, 0.05) is 0 Å². The summed E-state index contributed by atoms with van der Waals surface area (Å²) in [5, 5.41) is 0. The van der Waals surface area contributed by atoms with Gasteiger partial charge in [0.1, 0.15) is 7.28 Å². The molecule has 1 aromatic carbocycles. The van der Waals surface area contributed by atoms with E-state index < -0.39 is 0 Å². The molecule has 0 amide bonds. The second-order valence-electron chi connectivity index (χ2n) is 2.68. The molecule has 0 spiro atoms. The molecule has 0 nitrogen and oxygen atoms in total. The first-order valence-corrected chi connectivity index (χ1v) is 3.89. The van der Waals surface area contributed by atoms with Crippen LogP contribution >= 0.6 is 0 Å². The predicted molar refractivity (Wildman–Crippen MR) is 47.9 cm³/mol. The number of hydrogen-bond donors (Lipinski definition) is 0. The number of benzene rings is 1. The molecule has 1 aromatic rings. The monoisotopic (exact) mass is 132 g/mol. The van der Waals surface area contributed by atoms with Gasteiger partial charge in [-0.2, -0.15) is 0 Å². The van der Waals surface area contributed by atoms with Crippen molar-refractivity contribution in [1.29, 1.82) is 0 Å². The molecule has 0 fully saturated rings. The molecule has 0 radical (unpaired) electrons. The minimum atomic E-state index is 1.21. The second-order valence-corrected chi connectivity index (χ2v) is 2.68. The van der Waals surface area contributed by atoms with Crippen LogP contribution in [0.25, 0.3) is 0 Å². The van der Waals surface area contributed by atoms with Gasteiger partial charge in [0.05, 0.1) is 0 Å². The van der Waals surface area contributed by atoms with Gasteiger partial charge in [-0.05, 0) is 12.5 Å². The van der Waals surface area contributed by atoms with E-state index in [9.17, 15) is 0 Å². The first-order valence-electron chi connectivity index (χ1n) is 3.89. The van der Waals surface area contributed by atoms with Crippen LogP contribution in [0.2, 0.25) is 6.82 Å².